The second kappa shape index (κ2) is 5.10. The van der Waals surface area contributed by atoms with E-state index in [4.69, 9.17) is 5.73 Å². The van der Waals surface area contributed by atoms with Crippen molar-refractivity contribution in [1.82, 2.24) is 9.97 Å². The van der Waals surface area contributed by atoms with E-state index in [2.05, 4.69) is 15.3 Å². The van der Waals surface area contributed by atoms with Gasteiger partial charge in [0, 0.05) is 24.0 Å². The summed E-state index contributed by atoms with van der Waals surface area (Å²) in [5.41, 5.74) is 7.29. The molecule has 0 aliphatic carbocycles. The van der Waals surface area contributed by atoms with E-state index in [1.165, 1.54) is 0 Å². The lowest BCUT2D eigenvalue weighted by molar-refractivity contribution is -0.118. The second-order valence-electron chi connectivity index (χ2n) is 4.51. The fourth-order valence-corrected chi connectivity index (χ4v) is 1.62. The van der Waals surface area contributed by atoms with Gasteiger partial charge in [-0.05, 0) is 18.1 Å². The third-order valence-corrected chi connectivity index (χ3v) is 2.82. The van der Waals surface area contributed by atoms with Crippen molar-refractivity contribution in [2.24, 2.45) is 11.7 Å². The highest BCUT2D eigenvalue weighted by Gasteiger charge is 2.17. The van der Waals surface area contributed by atoms with Gasteiger partial charge in [0.2, 0.25) is 5.91 Å². The summed E-state index contributed by atoms with van der Waals surface area (Å²) in [5.74, 6) is -0.0995. The highest BCUT2D eigenvalue weighted by atomic mass is 16.2. The van der Waals surface area contributed by atoms with E-state index >= 15 is 0 Å². The summed E-state index contributed by atoms with van der Waals surface area (Å²) in [4.78, 5) is 20.2. The van der Waals surface area contributed by atoms with Crippen LogP contribution in [0.25, 0.3) is 10.9 Å². The molecule has 0 aromatic carbocycles. The molecule has 2 rings (SSSR count). The summed E-state index contributed by atoms with van der Waals surface area (Å²) in [7, 11) is 0. The fraction of sp³-hybridized carbons (Fsp3) is 0.308. The molecule has 0 saturated carbocycles. The normalized spacial score (nSPS) is 12.7. The predicted molar refractivity (Wildman–Crippen MR) is 71.0 cm³/mol. The van der Waals surface area contributed by atoms with E-state index in [9.17, 15) is 4.79 Å². The van der Waals surface area contributed by atoms with E-state index in [-0.39, 0.29) is 11.8 Å². The van der Waals surface area contributed by atoms with Crippen LogP contribution in [0.2, 0.25) is 0 Å². The van der Waals surface area contributed by atoms with E-state index < -0.39 is 6.04 Å². The van der Waals surface area contributed by atoms with E-state index in [0.717, 1.165) is 10.9 Å². The SMILES string of the molecule is CC(C)[C@H](N)C(=O)Nc1ccnc2ccncc12. The van der Waals surface area contributed by atoms with Crippen LogP contribution in [0, 0.1) is 5.92 Å². The first-order valence-corrected chi connectivity index (χ1v) is 5.85. The van der Waals surface area contributed by atoms with E-state index in [1.54, 1.807) is 30.7 Å². The predicted octanol–water partition coefficient (Wildman–Crippen LogP) is 1.55. The summed E-state index contributed by atoms with van der Waals surface area (Å²) >= 11 is 0. The summed E-state index contributed by atoms with van der Waals surface area (Å²) in [5, 5.41) is 3.63. The Morgan fingerprint density at radius 3 is 2.83 bits per heavy atom. The summed E-state index contributed by atoms with van der Waals surface area (Å²) in [6.45, 7) is 3.83. The van der Waals surface area contributed by atoms with Crippen molar-refractivity contribution in [3.8, 4) is 0 Å². The van der Waals surface area contributed by atoms with Crippen LogP contribution in [0.15, 0.2) is 30.7 Å². The number of anilines is 1. The molecule has 0 spiro atoms. The zero-order valence-electron chi connectivity index (χ0n) is 10.4. The quantitative estimate of drug-likeness (QED) is 0.858. The van der Waals surface area contributed by atoms with Crippen molar-refractivity contribution in [1.29, 1.82) is 0 Å². The molecule has 0 aliphatic rings. The van der Waals surface area contributed by atoms with Gasteiger partial charge in [-0.15, -0.1) is 0 Å². The maximum Gasteiger partial charge on any atom is 0.241 e. The average Bonchev–Trinajstić information content (AvgIpc) is 2.38. The molecule has 0 fully saturated rings. The molecular formula is C13H16N4O. The minimum atomic E-state index is -0.523. The number of carbonyl (C=O) groups is 1. The molecule has 0 bridgehead atoms. The number of aromatic nitrogens is 2. The smallest absolute Gasteiger partial charge is 0.241 e. The lowest BCUT2D eigenvalue weighted by Gasteiger charge is -2.16. The van der Waals surface area contributed by atoms with Gasteiger partial charge in [0.15, 0.2) is 0 Å². The van der Waals surface area contributed by atoms with Gasteiger partial charge in [-0.3, -0.25) is 14.8 Å². The Balaban J connectivity index is 2.30. The summed E-state index contributed by atoms with van der Waals surface area (Å²) in [6.07, 6.45) is 5.00. The molecule has 94 valence electrons. The molecule has 5 nitrogen and oxygen atoms in total. The molecule has 1 atom stereocenters. The highest BCUT2D eigenvalue weighted by Crippen LogP contribution is 2.20. The van der Waals surface area contributed by atoms with Crippen molar-refractivity contribution in [3.63, 3.8) is 0 Å². The van der Waals surface area contributed by atoms with Crippen LogP contribution in [-0.4, -0.2) is 21.9 Å². The first kappa shape index (κ1) is 12.4. The molecule has 2 aromatic heterocycles. The van der Waals surface area contributed by atoms with E-state index in [1.807, 2.05) is 13.8 Å². The first-order valence-electron chi connectivity index (χ1n) is 5.85. The zero-order valence-corrected chi connectivity index (χ0v) is 10.4. The number of nitrogens with zero attached hydrogens (tertiary/aromatic N) is 2. The number of hydrogen-bond donors (Lipinski definition) is 2. The van der Waals surface area contributed by atoms with Crippen LogP contribution in [0.3, 0.4) is 0 Å². The molecular weight excluding hydrogens is 228 g/mol. The number of carbonyl (C=O) groups excluding carboxylic acids is 1. The Morgan fingerprint density at radius 1 is 1.33 bits per heavy atom. The number of pyridine rings is 2. The summed E-state index contributed by atoms with van der Waals surface area (Å²) < 4.78 is 0. The van der Waals surface area contributed by atoms with Crippen molar-refractivity contribution in [3.05, 3.63) is 30.7 Å². The van der Waals surface area contributed by atoms with Gasteiger partial charge in [0.1, 0.15) is 0 Å². The van der Waals surface area contributed by atoms with Gasteiger partial charge in [0.05, 0.1) is 17.2 Å². The molecule has 2 aromatic rings. The molecule has 5 heteroatoms. The molecule has 0 saturated heterocycles. The Kier molecular flexibility index (Phi) is 3.53. The molecule has 0 unspecified atom stereocenters. The number of fused-ring (bicyclic) bond motifs is 1. The monoisotopic (exact) mass is 244 g/mol. The average molecular weight is 244 g/mol. The Morgan fingerprint density at radius 2 is 2.11 bits per heavy atom. The Labute approximate surface area is 105 Å². The minimum Gasteiger partial charge on any atom is -0.324 e. The van der Waals surface area contributed by atoms with Crippen LogP contribution < -0.4 is 11.1 Å². The minimum absolute atomic E-state index is 0.0937. The number of rotatable bonds is 3. The van der Waals surface area contributed by atoms with Crippen molar-refractivity contribution >= 4 is 22.5 Å². The molecule has 1 amide bonds. The Hall–Kier alpha value is -2.01. The number of hydrogen-bond acceptors (Lipinski definition) is 4. The Bertz CT molecular complexity index is 562. The first-order chi connectivity index (χ1) is 8.59. The van der Waals surface area contributed by atoms with Gasteiger partial charge in [0.25, 0.3) is 0 Å². The largest absolute Gasteiger partial charge is 0.324 e. The maximum absolute atomic E-state index is 11.9. The van der Waals surface area contributed by atoms with Crippen LogP contribution >= 0.6 is 0 Å². The van der Waals surface area contributed by atoms with Crippen LogP contribution in [0.4, 0.5) is 5.69 Å². The van der Waals surface area contributed by atoms with E-state index in [0.29, 0.717) is 5.69 Å². The third kappa shape index (κ3) is 2.46. The molecule has 0 aliphatic heterocycles. The highest BCUT2D eigenvalue weighted by molar-refractivity contribution is 6.02. The lowest BCUT2D eigenvalue weighted by Crippen LogP contribution is -2.39. The maximum atomic E-state index is 11.9. The number of nitrogens with two attached hydrogens (primary N) is 1. The molecule has 0 radical (unpaired) electrons. The second-order valence-corrected chi connectivity index (χ2v) is 4.51. The standard InChI is InChI=1S/C13H16N4O/c1-8(2)12(14)13(18)17-11-4-6-16-10-3-5-15-7-9(10)11/h3-8,12H,14H2,1-2H3,(H,16,17,18)/t12-/m0/s1. The fourth-order valence-electron chi connectivity index (χ4n) is 1.62. The molecule has 18 heavy (non-hydrogen) atoms. The van der Waals surface area contributed by atoms with Crippen LogP contribution in [-0.2, 0) is 4.79 Å². The lowest BCUT2D eigenvalue weighted by atomic mass is 10.0. The van der Waals surface area contributed by atoms with Gasteiger partial charge in [-0.25, -0.2) is 0 Å². The van der Waals surface area contributed by atoms with Gasteiger partial charge >= 0.3 is 0 Å². The van der Waals surface area contributed by atoms with Crippen molar-refractivity contribution in [2.45, 2.75) is 19.9 Å². The van der Waals surface area contributed by atoms with Crippen molar-refractivity contribution in [2.75, 3.05) is 5.32 Å². The van der Waals surface area contributed by atoms with Crippen LogP contribution in [0.5, 0.6) is 0 Å². The molecule has 2 heterocycles. The van der Waals surface area contributed by atoms with Gasteiger partial charge in [-0.2, -0.15) is 0 Å². The zero-order chi connectivity index (χ0) is 13.1. The summed E-state index contributed by atoms with van der Waals surface area (Å²) in [6, 6.07) is 3.02. The topological polar surface area (TPSA) is 80.9 Å². The molecule has 3 N–H and O–H groups in total. The third-order valence-electron chi connectivity index (χ3n) is 2.82. The van der Waals surface area contributed by atoms with Crippen LogP contribution in [0.1, 0.15) is 13.8 Å². The van der Waals surface area contributed by atoms with Crippen molar-refractivity contribution < 1.29 is 4.79 Å². The van der Waals surface area contributed by atoms with Gasteiger partial charge < -0.3 is 11.1 Å². The number of nitrogens with one attached hydrogen (secondary N) is 1. The number of amides is 1. The van der Waals surface area contributed by atoms with Gasteiger partial charge in [-0.1, -0.05) is 13.8 Å².